The number of aliphatic carboxylic acids is 1. The lowest BCUT2D eigenvalue weighted by Crippen LogP contribution is -2.34. The number of amides is 1. The fraction of sp³-hybridized carbons (Fsp3) is 0.421. The molecule has 0 radical (unpaired) electrons. The number of halogens is 1. The maximum Gasteiger partial charge on any atom is 0.311 e. The second kappa shape index (κ2) is 6.13. The molecule has 0 saturated heterocycles. The van der Waals surface area contributed by atoms with E-state index in [1.165, 1.54) is 0 Å². The van der Waals surface area contributed by atoms with Crippen LogP contribution < -0.4 is 5.32 Å². The summed E-state index contributed by atoms with van der Waals surface area (Å²) in [5.74, 6) is -0.804. The zero-order chi connectivity index (χ0) is 18.5. The molecule has 0 bridgehead atoms. The molecule has 2 N–H and O–H groups in total. The van der Waals surface area contributed by atoms with Crippen LogP contribution in [0.3, 0.4) is 0 Å². The number of nitrogens with one attached hydrogen (secondary N) is 1. The average Bonchev–Trinajstić information content (AvgIpc) is 3.53. The van der Waals surface area contributed by atoms with E-state index >= 15 is 0 Å². The molecule has 6 nitrogen and oxygen atoms in total. The zero-order valence-corrected chi connectivity index (χ0v) is 15.2. The number of benzene rings is 1. The molecule has 2 aliphatic rings. The van der Waals surface area contributed by atoms with Crippen LogP contribution in [-0.2, 0) is 4.79 Å². The number of carboxylic acids is 1. The standard InChI is InChI=1S/C19H20ClN3O3/c1-11-2-5-13(8-15(11)20)23-16(12-3-4-12)14(9-22-23)17(24)21-10-19(6-7-19)18(25)26/h2,5,8-9,12H,3-4,6-7,10H2,1H3,(H,21,24)(H,25,26). The quantitative estimate of drug-likeness (QED) is 0.813. The van der Waals surface area contributed by atoms with Crippen molar-refractivity contribution in [2.45, 2.75) is 38.5 Å². The van der Waals surface area contributed by atoms with Crippen LogP contribution in [-0.4, -0.2) is 33.3 Å². The maximum absolute atomic E-state index is 12.7. The van der Waals surface area contributed by atoms with Gasteiger partial charge in [-0.05, 0) is 50.3 Å². The van der Waals surface area contributed by atoms with Crippen molar-refractivity contribution in [2.75, 3.05) is 6.54 Å². The van der Waals surface area contributed by atoms with Crippen LogP contribution >= 0.6 is 11.6 Å². The Hall–Kier alpha value is -2.34. The van der Waals surface area contributed by atoms with Gasteiger partial charge in [0, 0.05) is 17.5 Å². The number of hydrogen-bond donors (Lipinski definition) is 2. The van der Waals surface area contributed by atoms with Crippen LogP contribution in [0.15, 0.2) is 24.4 Å². The summed E-state index contributed by atoms with van der Waals surface area (Å²) in [4.78, 5) is 24.0. The van der Waals surface area contributed by atoms with Crippen molar-refractivity contribution < 1.29 is 14.7 Å². The predicted octanol–water partition coefficient (Wildman–Crippen LogP) is 3.31. The van der Waals surface area contributed by atoms with E-state index in [0.717, 1.165) is 29.8 Å². The molecule has 0 unspecified atom stereocenters. The van der Waals surface area contributed by atoms with Crippen molar-refractivity contribution in [2.24, 2.45) is 5.41 Å². The van der Waals surface area contributed by atoms with E-state index < -0.39 is 11.4 Å². The molecule has 0 atom stereocenters. The molecule has 2 aromatic rings. The highest BCUT2D eigenvalue weighted by Gasteiger charge is 2.50. The van der Waals surface area contributed by atoms with E-state index in [-0.39, 0.29) is 12.5 Å². The first-order chi connectivity index (χ1) is 12.4. The first-order valence-corrected chi connectivity index (χ1v) is 9.15. The number of aromatic nitrogens is 2. The largest absolute Gasteiger partial charge is 0.481 e. The van der Waals surface area contributed by atoms with Crippen LogP contribution in [0.1, 0.15) is 53.2 Å². The van der Waals surface area contributed by atoms with Crippen LogP contribution in [0.5, 0.6) is 0 Å². The lowest BCUT2D eigenvalue weighted by Gasteiger charge is -2.12. The Labute approximate surface area is 156 Å². The Morgan fingerprint density at radius 1 is 1.38 bits per heavy atom. The molecule has 0 aliphatic heterocycles. The lowest BCUT2D eigenvalue weighted by molar-refractivity contribution is -0.143. The molecule has 2 fully saturated rings. The number of aryl methyl sites for hydroxylation is 1. The SMILES string of the molecule is Cc1ccc(-n2ncc(C(=O)NCC3(C(=O)O)CC3)c2C2CC2)cc1Cl. The second-order valence-electron chi connectivity index (χ2n) is 7.33. The molecule has 0 spiro atoms. The van der Waals surface area contributed by atoms with Crippen molar-refractivity contribution in [3.63, 3.8) is 0 Å². The fourth-order valence-corrected chi connectivity index (χ4v) is 3.34. The van der Waals surface area contributed by atoms with Gasteiger partial charge in [-0.15, -0.1) is 0 Å². The van der Waals surface area contributed by atoms with E-state index in [0.29, 0.717) is 29.3 Å². The monoisotopic (exact) mass is 373 g/mol. The van der Waals surface area contributed by atoms with Gasteiger partial charge < -0.3 is 10.4 Å². The van der Waals surface area contributed by atoms with Gasteiger partial charge >= 0.3 is 5.97 Å². The normalized spacial score (nSPS) is 17.8. The van der Waals surface area contributed by atoms with Crippen LogP contribution in [0.2, 0.25) is 5.02 Å². The Morgan fingerprint density at radius 3 is 2.69 bits per heavy atom. The van der Waals surface area contributed by atoms with Crippen molar-refractivity contribution >= 4 is 23.5 Å². The van der Waals surface area contributed by atoms with E-state index in [9.17, 15) is 14.7 Å². The highest BCUT2D eigenvalue weighted by Crippen LogP contribution is 2.45. The van der Waals surface area contributed by atoms with Gasteiger partial charge in [0.25, 0.3) is 5.91 Å². The first-order valence-electron chi connectivity index (χ1n) is 8.77. The molecule has 1 aromatic heterocycles. The van der Waals surface area contributed by atoms with Gasteiger partial charge in [-0.25, -0.2) is 4.68 Å². The Bertz CT molecular complexity index is 897. The summed E-state index contributed by atoms with van der Waals surface area (Å²) in [6.45, 7) is 2.10. The molecule has 1 heterocycles. The lowest BCUT2D eigenvalue weighted by atomic mass is 10.1. The van der Waals surface area contributed by atoms with Gasteiger partial charge in [0.05, 0.1) is 28.6 Å². The third-order valence-corrected chi connectivity index (χ3v) is 5.72. The maximum atomic E-state index is 12.7. The number of carbonyl (C=O) groups is 2. The average molecular weight is 374 g/mol. The van der Waals surface area contributed by atoms with Gasteiger partial charge in [0.1, 0.15) is 0 Å². The van der Waals surface area contributed by atoms with E-state index in [1.54, 1.807) is 10.9 Å². The number of carboxylic acid groups (broad SMARTS) is 1. The van der Waals surface area contributed by atoms with Gasteiger partial charge in [-0.3, -0.25) is 9.59 Å². The fourth-order valence-electron chi connectivity index (χ4n) is 3.16. The molecule has 4 rings (SSSR count). The summed E-state index contributed by atoms with van der Waals surface area (Å²) in [6.07, 6.45) is 4.82. The Morgan fingerprint density at radius 2 is 2.12 bits per heavy atom. The summed E-state index contributed by atoms with van der Waals surface area (Å²) in [7, 11) is 0. The third-order valence-electron chi connectivity index (χ3n) is 5.31. The minimum Gasteiger partial charge on any atom is -0.481 e. The van der Waals surface area contributed by atoms with Gasteiger partial charge in [0.15, 0.2) is 0 Å². The molecule has 136 valence electrons. The second-order valence-corrected chi connectivity index (χ2v) is 7.74. The minimum absolute atomic E-state index is 0.160. The van der Waals surface area contributed by atoms with Crippen molar-refractivity contribution in [1.29, 1.82) is 0 Å². The number of rotatable bonds is 6. The highest BCUT2D eigenvalue weighted by molar-refractivity contribution is 6.31. The van der Waals surface area contributed by atoms with Crippen molar-refractivity contribution in [1.82, 2.24) is 15.1 Å². The molecule has 26 heavy (non-hydrogen) atoms. The summed E-state index contributed by atoms with van der Waals surface area (Å²) in [6, 6.07) is 5.71. The molecule has 2 saturated carbocycles. The topological polar surface area (TPSA) is 84.2 Å². The van der Waals surface area contributed by atoms with Gasteiger partial charge in [-0.1, -0.05) is 17.7 Å². The van der Waals surface area contributed by atoms with E-state index in [2.05, 4.69) is 10.4 Å². The van der Waals surface area contributed by atoms with Crippen LogP contribution in [0, 0.1) is 12.3 Å². The van der Waals surface area contributed by atoms with E-state index in [1.807, 2.05) is 25.1 Å². The molecule has 2 aliphatic carbocycles. The predicted molar refractivity (Wildman–Crippen MR) is 96.9 cm³/mol. The van der Waals surface area contributed by atoms with Gasteiger partial charge in [-0.2, -0.15) is 5.10 Å². The molecular weight excluding hydrogens is 354 g/mol. The molecule has 7 heteroatoms. The van der Waals surface area contributed by atoms with Crippen LogP contribution in [0.25, 0.3) is 5.69 Å². The summed E-state index contributed by atoms with van der Waals surface area (Å²) in [5.41, 5.74) is 2.42. The highest BCUT2D eigenvalue weighted by atomic mass is 35.5. The Kier molecular flexibility index (Phi) is 4.03. The molecular formula is C19H20ClN3O3. The van der Waals surface area contributed by atoms with Crippen molar-refractivity contribution in [3.8, 4) is 5.69 Å². The minimum atomic E-state index is -0.842. The van der Waals surface area contributed by atoms with Gasteiger partial charge in [0.2, 0.25) is 0 Å². The zero-order valence-electron chi connectivity index (χ0n) is 14.5. The smallest absolute Gasteiger partial charge is 0.311 e. The van der Waals surface area contributed by atoms with E-state index in [4.69, 9.17) is 11.6 Å². The molecule has 1 amide bonds. The number of nitrogens with zero attached hydrogens (tertiary/aromatic N) is 2. The van der Waals surface area contributed by atoms with Crippen molar-refractivity contribution in [3.05, 3.63) is 46.2 Å². The molecule has 1 aromatic carbocycles. The summed E-state index contributed by atoms with van der Waals surface area (Å²) in [5, 5.41) is 17.1. The summed E-state index contributed by atoms with van der Waals surface area (Å²) >= 11 is 6.24. The third kappa shape index (κ3) is 2.98. The number of hydrogen-bond acceptors (Lipinski definition) is 3. The Balaban J connectivity index is 1.61. The summed E-state index contributed by atoms with van der Waals surface area (Å²) < 4.78 is 1.78. The first kappa shape index (κ1) is 17.1. The van der Waals surface area contributed by atoms with Crippen LogP contribution in [0.4, 0.5) is 0 Å². The number of carbonyl (C=O) groups excluding carboxylic acids is 1.